The Morgan fingerprint density at radius 3 is 2.59 bits per heavy atom. The molecule has 0 spiro atoms. The molecule has 3 nitrogen and oxygen atoms in total. The third-order valence-electron chi connectivity index (χ3n) is 3.03. The van der Waals surface area contributed by atoms with Crippen LogP contribution in [0.3, 0.4) is 0 Å². The summed E-state index contributed by atoms with van der Waals surface area (Å²) >= 11 is 0. The van der Waals surface area contributed by atoms with E-state index in [0.717, 1.165) is 18.7 Å². The first-order valence-electron chi connectivity index (χ1n) is 6.11. The SMILES string of the molecule is CCC(C)NCc1ccc(-c2ccn[nH]2)cc1. The summed E-state index contributed by atoms with van der Waals surface area (Å²) in [5, 5.41) is 10.4. The monoisotopic (exact) mass is 229 g/mol. The van der Waals surface area contributed by atoms with Gasteiger partial charge in [-0.15, -0.1) is 0 Å². The highest BCUT2D eigenvalue weighted by Crippen LogP contribution is 2.16. The molecule has 17 heavy (non-hydrogen) atoms. The van der Waals surface area contributed by atoms with Crippen molar-refractivity contribution in [3.05, 3.63) is 42.1 Å². The third kappa shape index (κ3) is 3.17. The standard InChI is InChI=1S/C14H19N3/c1-3-11(2)15-10-12-4-6-13(7-5-12)14-8-9-16-17-14/h4-9,11,15H,3,10H2,1-2H3,(H,16,17). The first-order valence-corrected chi connectivity index (χ1v) is 6.11. The lowest BCUT2D eigenvalue weighted by Gasteiger charge is -2.11. The summed E-state index contributed by atoms with van der Waals surface area (Å²) in [6.07, 6.45) is 2.93. The number of nitrogens with zero attached hydrogens (tertiary/aromatic N) is 1. The largest absolute Gasteiger partial charge is 0.310 e. The van der Waals surface area contributed by atoms with Gasteiger partial charge in [0.2, 0.25) is 0 Å². The molecule has 0 saturated heterocycles. The van der Waals surface area contributed by atoms with Crippen LogP contribution < -0.4 is 5.32 Å². The molecule has 1 atom stereocenters. The minimum absolute atomic E-state index is 0.572. The van der Waals surface area contributed by atoms with Crippen molar-refractivity contribution in [2.24, 2.45) is 0 Å². The van der Waals surface area contributed by atoms with Crippen LogP contribution in [0.25, 0.3) is 11.3 Å². The summed E-state index contributed by atoms with van der Waals surface area (Å²) in [5.74, 6) is 0. The lowest BCUT2D eigenvalue weighted by atomic mass is 10.1. The van der Waals surface area contributed by atoms with E-state index >= 15 is 0 Å². The highest BCUT2D eigenvalue weighted by molar-refractivity contribution is 5.58. The molecule has 90 valence electrons. The Balaban J connectivity index is 1.99. The van der Waals surface area contributed by atoms with Crippen LogP contribution in [-0.4, -0.2) is 16.2 Å². The van der Waals surface area contributed by atoms with Gasteiger partial charge in [0.05, 0.1) is 5.69 Å². The molecule has 0 aliphatic heterocycles. The van der Waals surface area contributed by atoms with Gasteiger partial charge in [-0.2, -0.15) is 5.10 Å². The van der Waals surface area contributed by atoms with Crippen molar-refractivity contribution in [1.29, 1.82) is 0 Å². The average molecular weight is 229 g/mol. The van der Waals surface area contributed by atoms with E-state index in [2.05, 4.69) is 53.6 Å². The first-order chi connectivity index (χ1) is 8.29. The van der Waals surface area contributed by atoms with Gasteiger partial charge in [-0.3, -0.25) is 5.10 Å². The molecule has 0 bridgehead atoms. The summed E-state index contributed by atoms with van der Waals surface area (Å²) in [5.41, 5.74) is 3.55. The van der Waals surface area contributed by atoms with Crippen molar-refractivity contribution >= 4 is 0 Å². The zero-order chi connectivity index (χ0) is 12.1. The molecule has 2 N–H and O–H groups in total. The molecule has 0 saturated carbocycles. The lowest BCUT2D eigenvalue weighted by molar-refractivity contribution is 0.534. The van der Waals surface area contributed by atoms with Gasteiger partial charge in [-0.25, -0.2) is 0 Å². The molecule has 1 aromatic heterocycles. The molecule has 0 radical (unpaired) electrons. The van der Waals surface area contributed by atoms with Crippen LogP contribution in [-0.2, 0) is 6.54 Å². The fraction of sp³-hybridized carbons (Fsp3) is 0.357. The van der Waals surface area contributed by atoms with Gasteiger partial charge in [0.25, 0.3) is 0 Å². The van der Waals surface area contributed by atoms with Gasteiger partial charge < -0.3 is 5.32 Å². The van der Waals surface area contributed by atoms with Crippen LogP contribution in [0.4, 0.5) is 0 Å². The van der Waals surface area contributed by atoms with E-state index in [0.29, 0.717) is 6.04 Å². The van der Waals surface area contributed by atoms with E-state index in [9.17, 15) is 0 Å². The number of benzene rings is 1. The normalized spacial score (nSPS) is 12.6. The first kappa shape index (κ1) is 11.9. The molecule has 2 rings (SSSR count). The molecule has 1 heterocycles. The highest BCUT2D eigenvalue weighted by Gasteiger charge is 2.00. The molecule has 0 aliphatic carbocycles. The van der Waals surface area contributed by atoms with E-state index in [4.69, 9.17) is 0 Å². The van der Waals surface area contributed by atoms with Crippen molar-refractivity contribution in [3.63, 3.8) is 0 Å². The van der Waals surface area contributed by atoms with Crippen molar-refractivity contribution in [3.8, 4) is 11.3 Å². The molecule has 0 aliphatic rings. The van der Waals surface area contributed by atoms with Gasteiger partial charge in [0, 0.05) is 18.8 Å². The second-order valence-electron chi connectivity index (χ2n) is 4.36. The van der Waals surface area contributed by atoms with Crippen LogP contribution in [0.1, 0.15) is 25.8 Å². The maximum absolute atomic E-state index is 3.95. The van der Waals surface area contributed by atoms with E-state index in [1.165, 1.54) is 11.1 Å². The Hall–Kier alpha value is -1.61. The number of hydrogen-bond donors (Lipinski definition) is 2. The number of aromatic nitrogens is 2. The Morgan fingerprint density at radius 2 is 2.00 bits per heavy atom. The quantitative estimate of drug-likeness (QED) is 0.827. The van der Waals surface area contributed by atoms with Gasteiger partial charge in [-0.1, -0.05) is 31.2 Å². The van der Waals surface area contributed by atoms with Gasteiger partial charge in [0.15, 0.2) is 0 Å². The predicted octanol–water partition coefficient (Wildman–Crippen LogP) is 2.96. The zero-order valence-electron chi connectivity index (χ0n) is 10.4. The molecule has 1 aromatic carbocycles. The topological polar surface area (TPSA) is 40.7 Å². The highest BCUT2D eigenvalue weighted by atomic mass is 15.1. The maximum Gasteiger partial charge on any atom is 0.0650 e. The van der Waals surface area contributed by atoms with Gasteiger partial charge >= 0.3 is 0 Å². The van der Waals surface area contributed by atoms with Crippen LogP contribution in [0.15, 0.2) is 36.5 Å². The third-order valence-corrected chi connectivity index (χ3v) is 3.03. The minimum Gasteiger partial charge on any atom is -0.310 e. The summed E-state index contributed by atoms with van der Waals surface area (Å²) in [7, 11) is 0. The van der Waals surface area contributed by atoms with Gasteiger partial charge in [0.1, 0.15) is 0 Å². The van der Waals surface area contributed by atoms with Crippen molar-refractivity contribution in [2.45, 2.75) is 32.9 Å². The molecule has 2 aromatic rings. The van der Waals surface area contributed by atoms with Crippen molar-refractivity contribution < 1.29 is 0 Å². The predicted molar refractivity (Wildman–Crippen MR) is 70.6 cm³/mol. The summed E-state index contributed by atoms with van der Waals surface area (Å²) in [6.45, 7) is 5.33. The average Bonchev–Trinajstić information content (AvgIpc) is 2.90. The van der Waals surface area contributed by atoms with Gasteiger partial charge in [-0.05, 0) is 30.5 Å². The number of rotatable bonds is 5. The zero-order valence-corrected chi connectivity index (χ0v) is 10.4. The van der Waals surface area contributed by atoms with E-state index < -0.39 is 0 Å². The molecular weight excluding hydrogens is 210 g/mol. The number of H-pyrrole nitrogens is 1. The van der Waals surface area contributed by atoms with Crippen LogP contribution in [0, 0.1) is 0 Å². The lowest BCUT2D eigenvalue weighted by Crippen LogP contribution is -2.24. The second kappa shape index (κ2) is 5.64. The second-order valence-corrected chi connectivity index (χ2v) is 4.36. The van der Waals surface area contributed by atoms with Crippen LogP contribution in [0.2, 0.25) is 0 Å². The summed E-state index contributed by atoms with van der Waals surface area (Å²) in [4.78, 5) is 0. The summed E-state index contributed by atoms with van der Waals surface area (Å²) in [6, 6.07) is 11.1. The Labute approximate surface area is 102 Å². The van der Waals surface area contributed by atoms with E-state index in [1.807, 2.05) is 6.07 Å². The maximum atomic E-state index is 3.95. The fourth-order valence-electron chi connectivity index (χ4n) is 1.66. The Kier molecular flexibility index (Phi) is 3.94. The molecule has 0 fully saturated rings. The number of nitrogens with one attached hydrogen (secondary N) is 2. The van der Waals surface area contributed by atoms with Crippen molar-refractivity contribution in [1.82, 2.24) is 15.5 Å². The Morgan fingerprint density at radius 1 is 1.24 bits per heavy atom. The Bertz CT molecular complexity index is 431. The fourth-order valence-corrected chi connectivity index (χ4v) is 1.66. The van der Waals surface area contributed by atoms with Crippen LogP contribution in [0.5, 0.6) is 0 Å². The number of aromatic amines is 1. The van der Waals surface area contributed by atoms with Crippen LogP contribution >= 0.6 is 0 Å². The summed E-state index contributed by atoms with van der Waals surface area (Å²) < 4.78 is 0. The smallest absolute Gasteiger partial charge is 0.0650 e. The van der Waals surface area contributed by atoms with E-state index in [-0.39, 0.29) is 0 Å². The molecular formula is C14H19N3. The number of hydrogen-bond acceptors (Lipinski definition) is 2. The molecule has 1 unspecified atom stereocenters. The minimum atomic E-state index is 0.572. The molecule has 3 heteroatoms. The van der Waals surface area contributed by atoms with Crippen molar-refractivity contribution in [2.75, 3.05) is 0 Å². The van der Waals surface area contributed by atoms with E-state index in [1.54, 1.807) is 6.20 Å². The molecule has 0 amide bonds.